The molecule has 0 fully saturated rings. The predicted octanol–water partition coefficient (Wildman–Crippen LogP) is 3.12. The van der Waals surface area contributed by atoms with Gasteiger partial charge in [0.05, 0.1) is 12.3 Å². The van der Waals surface area contributed by atoms with E-state index in [0.29, 0.717) is 0 Å². The molecule has 0 aliphatic carbocycles. The minimum absolute atomic E-state index is 0.173. The van der Waals surface area contributed by atoms with E-state index in [0.717, 1.165) is 12.2 Å². The van der Waals surface area contributed by atoms with E-state index in [4.69, 9.17) is 4.42 Å². The van der Waals surface area contributed by atoms with Gasteiger partial charge in [-0.3, -0.25) is 0 Å². The summed E-state index contributed by atoms with van der Waals surface area (Å²) < 4.78 is 5.32. The Hall–Kier alpha value is -0.760. The summed E-state index contributed by atoms with van der Waals surface area (Å²) in [7, 11) is 0. The molecule has 0 saturated heterocycles. The van der Waals surface area contributed by atoms with Crippen molar-refractivity contribution >= 4 is 0 Å². The molecule has 0 aromatic carbocycles. The second kappa shape index (κ2) is 3.97. The number of rotatable bonds is 4. The Kier molecular flexibility index (Phi) is 3.15. The van der Waals surface area contributed by atoms with Crippen molar-refractivity contribution in [2.24, 2.45) is 0 Å². The molecule has 1 atom stereocenters. The first-order valence-corrected chi connectivity index (χ1v) is 4.86. The minimum atomic E-state index is 0.173. The monoisotopic (exact) mass is 181 g/mol. The predicted molar refractivity (Wildman–Crippen MR) is 54.6 cm³/mol. The number of hydrogen-bond donors (Lipinski definition) is 1. The highest BCUT2D eigenvalue weighted by Gasteiger charge is 2.19. The molecule has 1 rings (SSSR count). The zero-order valence-corrected chi connectivity index (χ0v) is 8.92. The highest BCUT2D eigenvalue weighted by Crippen LogP contribution is 2.18. The molecule has 0 spiro atoms. The molecule has 1 N–H and O–H groups in total. The van der Waals surface area contributed by atoms with Crippen LogP contribution in [0.2, 0.25) is 0 Å². The Morgan fingerprint density at radius 3 is 2.69 bits per heavy atom. The summed E-state index contributed by atoms with van der Waals surface area (Å²) in [4.78, 5) is 0. The van der Waals surface area contributed by atoms with Crippen LogP contribution < -0.4 is 5.32 Å². The average molecular weight is 181 g/mol. The molecule has 1 heterocycles. The Balaban J connectivity index is 2.56. The molecule has 74 valence electrons. The van der Waals surface area contributed by atoms with Crippen LogP contribution in [0.3, 0.4) is 0 Å². The van der Waals surface area contributed by atoms with Crippen LogP contribution in [0, 0.1) is 0 Å². The summed E-state index contributed by atoms with van der Waals surface area (Å²) in [6, 6.07) is 4.21. The summed E-state index contributed by atoms with van der Waals surface area (Å²) in [5.41, 5.74) is 0.173. The van der Waals surface area contributed by atoms with E-state index in [-0.39, 0.29) is 11.6 Å². The standard InChI is InChI=1S/C11H19NO/c1-5-11(3,4)12-9(2)10-7-6-8-13-10/h6-9,12H,5H2,1-4H3. The molecular weight excluding hydrogens is 162 g/mol. The molecule has 2 nitrogen and oxygen atoms in total. The third-order valence-electron chi connectivity index (χ3n) is 2.46. The summed E-state index contributed by atoms with van der Waals surface area (Å²) in [6.07, 6.45) is 2.82. The van der Waals surface area contributed by atoms with E-state index >= 15 is 0 Å². The lowest BCUT2D eigenvalue weighted by atomic mass is 10.0. The lowest BCUT2D eigenvalue weighted by Gasteiger charge is -2.28. The van der Waals surface area contributed by atoms with Crippen molar-refractivity contribution in [3.05, 3.63) is 24.2 Å². The van der Waals surface area contributed by atoms with Gasteiger partial charge in [0.15, 0.2) is 0 Å². The third-order valence-corrected chi connectivity index (χ3v) is 2.46. The zero-order chi connectivity index (χ0) is 9.90. The fourth-order valence-electron chi connectivity index (χ4n) is 1.30. The first-order chi connectivity index (χ1) is 6.05. The Morgan fingerprint density at radius 1 is 1.54 bits per heavy atom. The minimum Gasteiger partial charge on any atom is -0.468 e. The Bertz CT molecular complexity index is 239. The van der Waals surface area contributed by atoms with Crippen LogP contribution in [0.5, 0.6) is 0 Å². The average Bonchev–Trinajstić information content (AvgIpc) is 2.55. The zero-order valence-electron chi connectivity index (χ0n) is 8.92. The highest BCUT2D eigenvalue weighted by atomic mass is 16.3. The molecule has 1 aromatic rings. The van der Waals surface area contributed by atoms with Crippen LogP contribution in [0.15, 0.2) is 22.8 Å². The summed E-state index contributed by atoms with van der Waals surface area (Å²) in [6.45, 7) is 8.71. The summed E-state index contributed by atoms with van der Waals surface area (Å²) in [5.74, 6) is 1.00. The van der Waals surface area contributed by atoms with Crippen molar-refractivity contribution < 1.29 is 4.42 Å². The SMILES string of the molecule is CCC(C)(C)NC(C)c1ccco1. The van der Waals surface area contributed by atoms with Crippen LogP contribution in [0.4, 0.5) is 0 Å². The van der Waals surface area contributed by atoms with Crippen molar-refractivity contribution in [1.82, 2.24) is 5.32 Å². The van der Waals surface area contributed by atoms with Gasteiger partial charge in [0, 0.05) is 5.54 Å². The van der Waals surface area contributed by atoms with E-state index in [2.05, 4.69) is 33.0 Å². The van der Waals surface area contributed by atoms with Crippen LogP contribution in [0.25, 0.3) is 0 Å². The smallest absolute Gasteiger partial charge is 0.120 e. The summed E-state index contributed by atoms with van der Waals surface area (Å²) in [5, 5.41) is 3.51. The fraction of sp³-hybridized carbons (Fsp3) is 0.636. The maximum atomic E-state index is 5.32. The van der Waals surface area contributed by atoms with Gasteiger partial charge in [-0.25, -0.2) is 0 Å². The van der Waals surface area contributed by atoms with Crippen molar-refractivity contribution in [2.75, 3.05) is 0 Å². The fourth-order valence-corrected chi connectivity index (χ4v) is 1.30. The number of nitrogens with one attached hydrogen (secondary N) is 1. The molecule has 0 amide bonds. The van der Waals surface area contributed by atoms with Crippen LogP contribution in [0.1, 0.15) is 45.9 Å². The van der Waals surface area contributed by atoms with E-state index < -0.39 is 0 Å². The molecule has 0 radical (unpaired) electrons. The molecule has 0 bridgehead atoms. The molecule has 0 aliphatic rings. The van der Waals surface area contributed by atoms with Gasteiger partial charge < -0.3 is 9.73 Å². The molecule has 13 heavy (non-hydrogen) atoms. The normalized spacial score (nSPS) is 14.5. The van der Waals surface area contributed by atoms with Crippen LogP contribution in [-0.4, -0.2) is 5.54 Å². The van der Waals surface area contributed by atoms with E-state index in [9.17, 15) is 0 Å². The lowest BCUT2D eigenvalue weighted by molar-refractivity contribution is 0.309. The quantitative estimate of drug-likeness (QED) is 0.772. The van der Waals surface area contributed by atoms with Crippen LogP contribution >= 0.6 is 0 Å². The molecule has 0 saturated carbocycles. The van der Waals surface area contributed by atoms with E-state index in [1.165, 1.54) is 0 Å². The van der Waals surface area contributed by atoms with Crippen molar-refractivity contribution in [1.29, 1.82) is 0 Å². The topological polar surface area (TPSA) is 25.2 Å². The second-order valence-electron chi connectivity index (χ2n) is 4.12. The van der Waals surface area contributed by atoms with Crippen LogP contribution in [-0.2, 0) is 0 Å². The van der Waals surface area contributed by atoms with E-state index in [1.807, 2.05) is 12.1 Å². The molecule has 0 aliphatic heterocycles. The first kappa shape index (κ1) is 10.3. The highest BCUT2D eigenvalue weighted by molar-refractivity contribution is 5.04. The maximum Gasteiger partial charge on any atom is 0.120 e. The Labute approximate surface area is 80.3 Å². The largest absolute Gasteiger partial charge is 0.468 e. The van der Waals surface area contributed by atoms with Gasteiger partial charge >= 0.3 is 0 Å². The van der Waals surface area contributed by atoms with Gasteiger partial charge in [-0.05, 0) is 39.3 Å². The molecule has 2 heteroatoms. The maximum absolute atomic E-state index is 5.32. The van der Waals surface area contributed by atoms with E-state index in [1.54, 1.807) is 6.26 Å². The van der Waals surface area contributed by atoms with Crippen molar-refractivity contribution in [3.63, 3.8) is 0 Å². The summed E-state index contributed by atoms with van der Waals surface area (Å²) >= 11 is 0. The van der Waals surface area contributed by atoms with Gasteiger partial charge in [0.2, 0.25) is 0 Å². The first-order valence-electron chi connectivity index (χ1n) is 4.86. The van der Waals surface area contributed by atoms with Gasteiger partial charge in [0.25, 0.3) is 0 Å². The van der Waals surface area contributed by atoms with Gasteiger partial charge in [-0.2, -0.15) is 0 Å². The van der Waals surface area contributed by atoms with Crippen molar-refractivity contribution in [2.45, 2.75) is 45.7 Å². The van der Waals surface area contributed by atoms with Gasteiger partial charge in [0.1, 0.15) is 5.76 Å². The third kappa shape index (κ3) is 2.88. The van der Waals surface area contributed by atoms with Gasteiger partial charge in [-0.15, -0.1) is 0 Å². The molecule has 1 aromatic heterocycles. The molecular formula is C11H19NO. The number of furan rings is 1. The van der Waals surface area contributed by atoms with Crippen molar-refractivity contribution in [3.8, 4) is 0 Å². The lowest BCUT2D eigenvalue weighted by Crippen LogP contribution is -2.39. The molecule has 1 unspecified atom stereocenters. The van der Waals surface area contributed by atoms with Gasteiger partial charge in [-0.1, -0.05) is 6.92 Å². The Morgan fingerprint density at radius 2 is 2.23 bits per heavy atom. The number of hydrogen-bond acceptors (Lipinski definition) is 2. The second-order valence-corrected chi connectivity index (χ2v) is 4.12.